The van der Waals surface area contributed by atoms with E-state index in [1.54, 1.807) is 0 Å². The zero-order valence-electron chi connectivity index (χ0n) is 10.7. The Hall–Kier alpha value is -3.07. The number of carbonyl (C=O) groups excluding carboxylic acids is 1. The van der Waals surface area contributed by atoms with Gasteiger partial charge in [-0.2, -0.15) is 0 Å². The van der Waals surface area contributed by atoms with E-state index in [1.165, 1.54) is 18.3 Å². The molecule has 0 radical (unpaired) electrons. The van der Waals surface area contributed by atoms with Crippen LogP contribution >= 0.6 is 11.6 Å². The first-order valence-corrected chi connectivity index (χ1v) is 6.12. The van der Waals surface area contributed by atoms with E-state index in [9.17, 15) is 25.0 Å². The number of benzene rings is 1. The van der Waals surface area contributed by atoms with E-state index in [0.29, 0.717) is 0 Å². The molecule has 0 fully saturated rings. The van der Waals surface area contributed by atoms with Gasteiger partial charge in [0.25, 0.3) is 17.3 Å². The number of aromatic nitrogens is 1. The maximum Gasteiger partial charge on any atom is 0.289 e. The van der Waals surface area contributed by atoms with Crippen LogP contribution in [0.3, 0.4) is 0 Å². The van der Waals surface area contributed by atoms with Crippen molar-refractivity contribution in [3.63, 3.8) is 0 Å². The quantitative estimate of drug-likeness (QED) is 0.523. The van der Waals surface area contributed by atoms with Crippen molar-refractivity contribution in [1.82, 2.24) is 4.98 Å². The van der Waals surface area contributed by atoms with Gasteiger partial charge in [-0.1, -0.05) is 11.6 Å². The van der Waals surface area contributed by atoms with Crippen LogP contribution in [0.1, 0.15) is 10.4 Å². The van der Waals surface area contributed by atoms with E-state index in [0.717, 1.165) is 18.2 Å². The maximum absolute atomic E-state index is 12.1. The molecule has 2 aromatic rings. The van der Waals surface area contributed by atoms with Crippen LogP contribution in [-0.4, -0.2) is 20.7 Å². The van der Waals surface area contributed by atoms with Crippen molar-refractivity contribution < 1.29 is 14.6 Å². The molecule has 9 nitrogen and oxygen atoms in total. The molecule has 1 amide bonds. The molecule has 1 aromatic carbocycles. The molecule has 1 heterocycles. The summed E-state index contributed by atoms with van der Waals surface area (Å²) in [7, 11) is 0. The molecule has 2 rings (SSSR count). The lowest BCUT2D eigenvalue weighted by Gasteiger charge is -2.06. The first kappa shape index (κ1) is 15.3. The van der Waals surface area contributed by atoms with Gasteiger partial charge in [-0.15, -0.1) is 0 Å². The number of anilines is 1. The molecule has 1 aromatic heterocycles. The predicted molar refractivity (Wildman–Crippen MR) is 77.0 cm³/mol. The lowest BCUT2D eigenvalue weighted by Crippen LogP contribution is -2.14. The number of halogens is 1. The number of non-ortho nitro benzene ring substituents is 1. The van der Waals surface area contributed by atoms with Crippen molar-refractivity contribution in [2.24, 2.45) is 0 Å². The highest BCUT2D eigenvalue weighted by molar-refractivity contribution is 6.32. The normalized spacial score (nSPS) is 10.0. The lowest BCUT2D eigenvalue weighted by molar-refractivity contribution is -0.394. The Morgan fingerprint density at radius 2 is 1.91 bits per heavy atom. The Morgan fingerprint density at radius 1 is 1.18 bits per heavy atom. The van der Waals surface area contributed by atoms with Crippen LogP contribution in [0, 0.1) is 20.2 Å². The van der Waals surface area contributed by atoms with E-state index in [2.05, 4.69) is 10.3 Å². The molecule has 0 aliphatic rings. The average Bonchev–Trinajstić information content (AvgIpc) is 2.48. The highest BCUT2D eigenvalue weighted by Crippen LogP contribution is 2.26. The molecule has 0 bridgehead atoms. The second-order valence-corrected chi connectivity index (χ2v) is 4.37. The first-order chi connectivity index (χ1) is 10.4. The third-order valence-corrected chi connectivity index (χ3v) is 2.94. The van der Waals surface area contributed by atoms with Gasteiger partial charge < -0.3 is 5.32 Å². The van der Waals surface area contributed by atoms with Crippen molar-refractivity contribution in [2.75, 3.05) is 5.32 Å². The molecule has 112 valence electrons. The van der Waals surface area contributed by atoms with Crippen LogP contribution in [-0.2, 0) is 0 Å². The number of pyridine rings is 1. The SMILES string of the molecule is O=C(Nc1cccnc1Cl)c1ccc([N+](=O)[O-])cc1[N+](=O)[O-]. The summed E-state index contributed by atoms with van der Waals surface area (Å²) in [6, 6.07) is 5.72. The van der Waals surface area contributed by atoms with E-state index in [1.807, 2.05) is 0 Å². The summed E-state index contributed by atoms with van der Waals surface area (Å²) in [4.78, 5) is 35.8. The minimum atomic E-state index is -0.868. The second kappa shape index (κ2) is 6.14. The molecule has 10 heteroatoms. The minimum absolute atomic E-state index is 0.0143. The van der Waals surface area contributed by atoms with Crippen molar-refractivity contribution in [3.8, 4) is 0 Å². The molecule has 0 aliphatic heterocycles. The number of carbonyl (C=O) groups is 1. The number of hydrogen-bond acceptors (Lipinski definition) is 6. The zero-order valence-corrected chi connectivity index (χ0v) is 11.5. The average molecular weight is 323 g/mol. The molecular formula is C12H7ClN4O5. The highest BCUT2D eigenvalue weighted by atomic mass is 35.5. The molecule has 0 aliphatic carbocycles. The van der Waals surface area contributed by atoms with E-state index >= 15 is 0 Å². The monoisotopic (exact) mass is 322 g/mol. The molecule has 0 atom stereocenters. The van der Waals surface area contributed by atoms with E-state index < -0.39 is 27.1 Å². The Balaban J connectivity index is 2.39. The number of amides is 1. The molecule has 1 N–H and O–H groups in total. The molecular weight excluding hydrogens is 316 g/mol. The number of nitrogens with zero attached hydrogens (tertiary/aromatic N) is 3. The van der Waals surface area contributed by atoms with Crippen LogP contribution in [0.25, 0.3) is 0 Å². The fraction of sp³-hybridized carbons (Fsp3) is 0. The van der Waals surface area contributed by atoms with Gasteiger partial charge >= 0.3 is 0 Å². The van der Waals surface area contributed by atoms with E-state index in [-0.39, 0.29) is 16.4 Å². The van der Waals surface area contributed by atoms with Gasteiger partial charge in [-0.25, -0.2) is 4.98 Å². The first-order valence-electron chi connectivity index (χ1n) is 5.75. The highest BCUT2D eigenvalue weighted by Gasteiger charge is 2.24. The number of hydrogen-bond donors (Lipinski definition) is 1. The second-order valence-electron chi connectivity index (χ2n) is 4.01. The van der Waals surface area contributed by atoms with Crippen LogP contribution in [0.15, 0.2) is 36.5 Å². The summed E-state index contributed by atoms with van der Waals surface area (Å²) in [6.45, 7) is 0. The predicted octanol–water partition coefficient (Wildman–Crippen LogP) is 2.80. The van der Waals surface area contributed by atoms with Gasteiger partial charge in [0.15, 0.2) is 5.15 Å². The molecule has 0 saturated carbocycles. The number of nitro groups is 2. The van der Waals surface area contributed by atoms with Gasteiger partial charge in [-0.3, -0.25) is 25.0 Å². The van der Waals surface area contributed by atoms with Crippen LogP contribution in [0.5, 0.6) is 0 Å². The van der Waals surface area contributed by atoms with Crippen LogP contribution < -0.4 is 5.32 Å². The summed E-state index contributed by atoms with van der Waals surface area (Å²) in [5.41, 5.74) is -1.31. The Morgan fingerprint density at radius 3 is 2.50 bits per heavy atom. The van der Waals surface area contributed by atoms with Gasteiger partial charge in [0.2, 0.25) is 0 Å². The number of rotatable bonds is 4. The summed E-state index contributed by atoms with van der Waals surface area (Å²) in [5.74, 6) is -0.823. The number of nitro benzene ring substituents is 2. The van der Waals surface area contributed by atoms with Gasteiger partial charge in [0.1, 0.15) is 5.56 Å². The summed E-state index contributed by atoms with van der Waals surface area (Å²) in [6.07, 6.45) is 1.41. The number of nitrogens with one attached hydrogen (secondary N) is 1. The molecule has 0 saturated heterocycles. The van der Waals surface area contributed by atoms with Crippen molar-refractivity contribution >= 4 is 34.6 Å². The van der Waals surface area contributed by atoms with Crippen molar-refractivity contribution in [3.05, 3.63) is 67.5 Å². The summed E-state index contributed by atoms with van der Waals surface area (Å²) in [5, 5.41) is 24.0. The van der Waals surface area contributed by atoms with Crippen molar-refractivity contribution in [1.29, 1.82) is 0 Å². The summed E-state index contributed by atoms with van der Waals surface area (Å²) >= 11 is 5.78. The van der Waals surface area contributed by atoms with Gasteiger partial charge in [0.05, 0.1) is 21.6 Å². The standard InChI is InChI=1S/C12H7ClN4O5/c13-11-9(2-1-5-14-11)15-12(18)8-4-3-7(16(19)20)6-10(8)17(21)22/h1-6H,(H,15,18). The third kappa shape index (κ3) is 3.15. The molecule has 0 unspecified atom stereocenters. The Kier molecular flexibility index (Phi) is 4.28. The topological polar surface area (TPSA) is 128 Å². The van der Waals surface area contributed by atoms with Crippen LogP contribution in [0.4, 0.5) is 17.1 Å². The zero-order chi connectivity index (χ0) is 16.3. The maximum atomic E-state index is 12.1. The van der Waals surface area contributed by atoms with Crippen LogP contribution in [0.2, 0.25) is 5.15 Å². The van der Waals surface area contributed by atoms with Gasteiger partial charge in [0, 0.05) is 12.3 Å². The fourth-order valence-electron chi connectivity index (χ4n) is 1.65. The van der Waals surface area contributed by atoms with E-state index in [4.69, 9.17) is 11.6 Å². The Labute approximate surface area is 127 Å². The fourth-order valence-corrected chi connectivity index (χ4v) is 1.81. The van der Waals surface area contributed by atoms with Gasteiger partial charge in [-0.05, 0) is 18.2 Å². The largest absolute Gasteiger partial charge is 0.319 e. The lowest BCUT2D eigenvalue weighted by atomic mass is 10.1. The molecule has 22 heavy (non-hydrogen) atoms. The molecule has 0 spiro atoms. The Bertz CT molecular complexity index is 780. The summed E-state index contributed by atoms with van der Waals surface area (Å²) < 4.78 is 0. The minimum Gasteiger partial charge on any atom is -0.319 e. The smallest absolute Gasteiger partial charge is 0.289 e. The third-order valence-electron chi connectivity index (χ3n) is 2.64. The van der Waals surface area contributed by atoms with Crippen molar-refractivity contribution in [2.45, 2.75) is 0 Å².